The summed E-state index contributed by atoms with van der Waals surface area (Å²) in [6.45, 7) is 1.91. The van der Waals surface area contributed by atoms with Crippen molar-refractivity contribution in [1.29, 1.82) is 0 Å². The zero-order valence-corrected chi connectivity index (χ0v) is 6.90. The van der Waals surface area contributed by atoms with Gasteiger partial charge in [0.1, 0.15) is 11.6 Å². The molecule has 0 bridgehead atoms. The van der Waals surface area contributed by atoms with E-state index >= 15 is 0 Å². The fraction of sp³-hybridized carbons (Fsp3) is 0.333. The van der Waals surface area contributed by atoms with Crippen molar-refractivity contribution < 1.29 is 8.78 Å². The maximum atomic E-state index is 13.0. The molecule has 1 nitrogen and oxygen atoms in total. The van der Waals surface area contributed by atoms with Crippen molar-refractivity contribution in [2.45, 2.75) is 13.3 Å². The Kier molecular flexibility index (Phi) is 2.76. The van der Waals surface area contributed by atoms with E-state index in [4.69, 9.17) is 5.73 Å². The number of halogens is 2. The first-order valence-electron chi connectivity index (χ1n) is 3.79. The molecule has 1 aromatic rings. The Labute approximate surface area is 70.2 Å². The summed E-state index contributed by atoms with van der Waals surface area (Å²) >= 11 is 0. The smallest absolute Gasteiger partial charge is 0.129 e. The lowest BCUT2D eigenvalue weighted by Crippen LogP contribution is -2.06. The number of hydrogen-bond donors (Lipinski definition) is 1. The van der Waals surface area contributed by atoms with Gasteiger partial charge in [-0.05, 0) is 37.6 Å². The van der Waals surface area contributed by atoms with Crippen LogP contribution in [0.15, 0.2) is 12.1 Å². The van der Waals surface area contributed by atoms with Crippen molar-refractivity contribution in [3.63, 3.8) is 0 Å². The van der Waals surface area contributed by atoms with Crippen LogP contribution in [-0.2, 0) is 6.42 Å². The first-order chi connectivity index (χ1) is 5.65. The highest BCUT2D eigenvalue weighted by Crippen LogP contribution is 2.14. The third-order valence-electron chi connectivity index (χ3n) is 1.68. The van der Waals surface area contributed by atoms with Gasteiger partial charge in [-0.15, -0.1) is 0 Å². The van der Waals surface area contributed by atoms with Gasteiger partial charge in [-0.25, -0.2) is 8.78 Å². The van der Waals surface area contributed by atoms with Gasteiger partial charge in [0.05, 0.1) is 0 Å². The fourth-order valence-electron chi connectivity index (χ4n) is 1.11. The van der Waals surface area contributed by atoms with Crippen LogP contribution in [-0.4, -0.2) is 6.54 Å². The first kappa shape index (κ1) is 9.13. The zero-order valence-electron chi connectivity index (χ0n) is 6.90. The minimum absolute atomic E-state index is 0.0862. The second-order valence-electron chi connectivity index (χ2n) is 2.75. The van der Waals surface area contributed by atoms with Gasteiger partial charge < -0.3 is 5.73 Å². The largest absolute Gasteiger partial charge is 0.330 e. The Balaban J connectivity index is 3.10. The molecule has 66 valence electrons. The summed E-state index contributed by atoms with van der Waals surface area (Å²) in [4.78, 5) is 0. The van der Waals surface area contributed by atoms with Gasteiger partial charge in [0.25, 0.3) is 0 Å². The molecule has 1 rings (SSSR count). The molecule has 0 spiro atoms. The summed E-state index contributed by atoms with van der Waals surface area (Å²) in [6, 6.07) is 2.63. The van der Waals surface area contributed by atoms with Crippen LogP contribution < -0.4 is 5.73 Å². The van der Waals surface area contributed by atoms with E-state index in [2.05, 4.69) is 0 Å². The van der Waals surface area contributed by atoms with Gasteiger partial charge in [-0.2, -0.15) is 0 Å². The number of benzene rings is 1. The monoisotopic (exact) mass is 171 g/mol. The second kappa shape index (κ2) is 3.63. The zero-order chi connectivity index (χ0) is 9.14. The minimum Gasteiger partial charge on any atom is -0.330 e. The van der Waals surface area contributed by atoms with E-state index in [0.29, 0.717) is 5.56 Å². The molecule has 3 heteroatoms. The van der Waals surface area contributed by atoms with E-state index in [1.54, 1.807) is 6.92 Å². The van der Waals surface area contributed by atoms with E-state index in [-0.39, 0.29) is 18.5 Å². The van der Waals surface area contributed by atoms with Crippen molar-refractivity contribution in [3.8, 4) is 0 Å². The predicted octanol–water partition coefficient (Wildman–Crippen LogP) is 1.77. The van der Waals surface area contributed by atoms with Gasteiger partial charge in [0, 0.05) is 5.56 Å². The molecule has 0 fully saturated rings. The van der Waals surface area contributed by atoms with Crippen LogP contribution in [0.25, 0.3) is 0 Å². The van der Waals surface area contributed by atoms with Crippen molar-refractivity contribution in [2.24, 2.45) is 5.73 Å². The van der Waals surface area contributed by atoms with Crippen molar-refractivity contribution in [2.75, 3.05) is 6.54 Å². The number of rotatable bonds is 2. The van der Waals surface area contributed by atoms with Crippen LogP contribution in [0.3, 0.4) is 0 Å². The van der Waals surface area contributed by atoms with Gasteiger partial charge in [0.2, 0.25) is 0 Å². The molecule has 0 atom stereocenters. The van der Waals surface area contributed by atoms with E-state index in [0.717, 1.165) is 0 Å². The molecule has 0 heterocycles. The first-order valence-corrected chi connectivity index (χ1v) is 3.79. The van der Waals surface area contributed by atoms with Crippen LogP contribution in [0.4, 0.5) is 8.78 Å². The quantitative estimate of drug-likeness (QED) is 0.721. The molecule has 0 amide bonds. The molecule has 2 N–H and O–H groups in total. The van der Waals surface area contributed by atoms with Crippen molar-refractivity contribution in [3.05, 3.63) is 34.9 Å². The molecule has 0 saturated heterocycles. The van der Waals surface area contributed by atoms with Crippen LogP contribution in [0.2, 0.25) is 0 Å². The lowest BCUT2D eigenvalue weighted by Gasteiger charge is -2.03. The summed E-state index contributed by atoms with van der Waals surface area (Å²) in [5, 5.41) is 0. The highest BCUT2D eigenvalue weighted by Gasteiger charge is 2.07. The van der Waals surface area contributed by atoms with E-state index < -0.39 is 11.6 Å². The second-order valence-corrected chi connectivity index (χ2v) is 2.75. The van der Waals surface area contributed by atoms with Crippen LogP contribution in [0.1, 0.15) is 11.1 Å². The molecular formula is C9H11F2N. The Hall–Kier alpha value is -0.960. The predicted molar refractivity (Wildman–Crippen MR) is 43.9 cm³/mol. The molecule has 1 aromatic carbocycles. The molecule has 0 aliphatic rings. The van der Waals surface area contributed by atoms with E-state index in [9.17, 15) is 8.78 Å². The molecule has 0 aromatic heterocycles. The van der Waals surface area contributed by atoms with E-state index in [1.807, 2.05) is 0 Å². The highest BCUT2D eigenvalue weighted by atomic mass is 19.1. The van der Waals surface area contributed by atoms with Crippen molar-refractivity contribution >= 4 is 0 Å². The summed E-state index contributed by atoms with van der Waals surface area (Å²) in [5.41, 5.74) is 5.88. The molecule has 0 aliphatic heterocycles. The molecule has 0 saturated carbocycles. The Morgan fingerprint density at radius 1 is 1.25 bits per heavy atom. The maximum Gasteiger partial charge on any atom is 0.129 e. The molecule has 0 aliphatic carbocycles. The summed E-state index contributed by atoms with van der Waals surface area (Å²) in [5.74, 6) is -1.00. The third-order valence-corrected chi connectivity index (χ3v) is 1.68. The summed E-state index contributed by atoms with van der Waals surface area (Å²) < 4.78 is 26.0. The average Bonchev–Trinajstić information content (AvgIpc) is 1.96. The summed E-state index contributed by atoms with van der Waals surface area (Å²) in [7, 11) is 0. The van der Waals surface area contributed by atoms with Crippen molar-refractivity contribution in [1.82, 2.24) is 0 Å². The molecule has 0 radical (unpaired) electrons. The number of hydrogen-bond acceptors (Lipinski definition) is 1. The van der Waals surface area contributed by atoms with Gasteiger partial charge in [0.15, 0.2) is 0 Å². The third kappa shape index (κ3) is 1.80. The van der Waals surface area contributed by atoms with Gasteiger partial charge in [-0.1, -0.05) is 0 Å². The molecular weight excluding hydrogens is 160 g/mol. The standard InChI is InChI=1S/C9H11F2N/c1-6-4-8(10)7(2-3-12)9(11)5-6/h4-5H,2-3,12H2,1H3. The fourth-order valence-corrected chi connectivity index (χ4v) is 1.11. The SMILES string of the molecule is Cc1cc(F)c(CCN)c(F)c1. The lowest BCUT2D eigenvalue weighted by atomic mass is 10.1. The van der Waals surface area contributed by atoms with Gasteiger partial charge in [-0.3, -0.25) is 0 Å². The topological polar surface area (TPSA) is 26.0 Å². The average molecular weight is 171 g/mol. The maximum absolute atomic E-state index is 13.0. The Bertz CT molecular complexity index is 261. The molecule has 12 heavy (non-hydrogen) atoms. The number of aryl methyl sites for hydroxylation is 1. The van der Waals surface area contributed by atoms with Crippen LogP contribution in [0.5, 0.6) is 0 Å². The summed E-state index contributed by atoms with van der Waals surface area (Å²) in [6.07, 6.45) is 0.248. The minimum atomic E-state index is -0.502. The van der Waals surface area contributed by atoms with E-state index in [1.165, 1.54) is 12.1 Å². The molecule has 0 unspecified atom stereocenters. The Morgan fingerprint density at radius 3 is 2.17 bits per heavy atom. The van der Waals surface area contributed by atoms with Crippen LogP contribution >= 0.6 is 0 Å². The lowest BCUT2D eigenvalue weighted by molar-refractivity contribution is 0.554. The Morgan fingerprint density at radius 2 is 1.75 bits per heavy atom. The highest BCUT2D eigenvalue weighted by molar-refractivity contribution is 5.25. The van der Waals surface area contributed by atoms with Crippen LogP contribution in [0, 0.1) is 18.6 Å². The number of nitrogens with two attached hydrogens (primary N) is 1. The van der Waals surface area contributed by atoms with Gasteiger partial charge >= 0.3 is 0 Å². The normalized spacial score (nSPS) is 10.3.